The summed E-state index contributed by atoms with van der Waals surface area (Å²) in [6.45, 7) is 4.97. The third kappa shape index (κ3) is 1.84. The van der Waals surface area contributed by atoms with Gasteiger partial charge in [-0.25, -0.2) is 4.68 Å². The zero-order valence-electron chi connectivity index (χ0n) is 9.26. The molecule has 0 bridgehead atoms. The number of anilines is 1. The summed E-state index contributed by atoms with van der Waals surface area (Å²) in [6, 6.07) is 0.0894. The van der Waals surface area contributed by atoms with E-state index in [1.807, 2.05) is 24.0 Å². The van der Waals surface area contributed by atoms with Crippen LogP contribution in [0.5, 0.6) is 0 Å². The zero-order chi connectivity index (χ0) is 11.7. The SMILES string of the molecule is CCn1cc(C(C)n2ncc(Br)c2N)cn1. The summed E-state index contributed by atoms with van der Waals surface area (Å²) < 4.78 is 4.49. The third-order valence-corrected chi connectivity index (χ3v) is 3.22. The number of aryl methyl sites for hydroxylation is 1. The number of hydrogen-bond acceptors (Lipinski definition) is 3. The van der Waals surface area contributed by atoms with Gasteiger partial charge in [0.2, 0.25) is 0 Å². The van der Waals surface area contributed by atoms with Crippen LogP contribution in [0, 0.1) is 0 Å². The van der Waals surface area contributed by atoms with Gasteiger partial charge in [-0.15, -0.1) is 0 Å². The van der Waals surface area contributed by atoms with E-state index in [4.69, 9.17) is 5.73 Å². The second-order valence-electron chi connectivity index (χ2n) is 3.63. The molecule has 86 valence electrons. The highest BCUT2D eigenvalue weighted by Crippen LogP contribution is 2.25. The average Bonchev–Trinajstić information content (AvgIpc) is 2.87. The lowest BCUT2D eigenvalue weighted by Gasteiger charge is -2.11. The molecule has 0 spiro atoms. The molecule has 6 heteroatoms. The number of hydrogen-bond donors (Lipinski definition) is 1. The van der Waals surface area contributed by atoms with Gasteiger partial charge in [0.1, 0.15) is 5.82 Å². The van der Waals surface area contributed by atoms with Crippen LogP contribution in [0.2, 0.25) is 0 Å². The largest absolute Gasteiger partial charge is 0.383 e. The lowest BCUT2D eigenvalue weighted by atomic mass is 10.2. The van der Waals surface area contributed by atoms with Gasteiger partial charge in [0.05, 0.1) is 22.9 Å². The van der Waals surface area contributed by atoms with Gasteiger partial charge in [-0.05, 0) is 29.8 Å². The van der Waals surface area contributed by atoms with Gasteiger partial charge in [0.15, 0.2) is 0 Å². The minimum absolute atomic E-state index is 0.0894. The van der Waals surface area contributed by atoms with E-state index in [2.05, 4.69) is 33.1 Å². The van der Waals surface area contributed by atoms with Gasteiger partial charge in [0.25, 0.3) is 0 Å². The van der Waals surface area contributed by atoms with Crippen LogP contribution in [0.1, 0.15) is 25.5 Å². The van der Waals surface area contributed by atoms with Crippen LogP contribution >= 0.6 is 15.9 Å². The van der Waals surface area contributed by atoms with E-state index in [0.717, 1.165) is 16.6 Å². The Labute approximate surface area is 102 Å². The molecule has 5 nitrogen and oxygen atoms in total. The van der Waals surface area contributed by atoms with E-state index in [0.29, 0.717) is 5.82 Å². The molecule has 2 rings (SSSR count). The average molecular weight is 284 g/mol. The number of nitrogens with zero attached hydrogens (tertiary/aromatic N) is 4. The number of rotatable bonds is 3. The van der Waals surface area contributed by atoms with Crippen LogP contribution in [0.3, 0.4) is 0 Å². The first kappa shape index (κ1) is 11.2. The zero-order valence-corrected chi connectivity index (χ0v) is 10.8. The maximum absolute atomic E-state index is 5.91. The number of nitrogens with two attached hydrogens (primary N) is 1. The molecule has 2 aromatic rings. The van der Waals surface area contributed by atoms with Crippen molar-refractivity contribution < 1.29 is 0 Å². The Morgan fingerprint density at radius 3 is 2.69 bits per heavy atom. The van der Waals surface area contributed by atoms with Crippen molar-refractivity contribution in [2.45, 2.75) is 26.4 Å². The highest BCUT2D eigenvalue weighted by atomic mass is 79.9. The molecule has 0 aliphatic heterocycles. The Balaban J connectivity index is 2.31. The summed E-state index contributed by atoms with van der Waals surface area (Å²) in [5.74, 6) is 0.636. The summed E-state index contributed by atoms with van der Waals surface area (Å²) >= 11 is 3.35. The van der Waals surface area contributed by atoms with Crippen molar-refractivity contribution in [3.63, 3.8) is 0 Å². The molecule has 0 saturated carbocycles. The van der Waals surface area contributed by atoms with Crippen molar-refractivity contribution in [2.24, 2.45) is 0 Å². The predicted molar refractivity (Wildman–Crippen MR) is 66.1 cm³/mol. The Morgan fingerprint density at radius 1 is 1.44 bits per heavy atom. The van der Waals surface area contributed by atoms with Gasteiger partial charge in [-0.2, -0.15) is 10.2 Å². The lowest BCUT2D eigenvalue weighted by Crippen LogP contribution is -2.11. The van der Waals surface area contributed by atoms with Crippen LogP contribution in [-0.4, -0.2) is 19.6 Å². The molecule has 2 aromatic heterocycles. The summed E-state index contributed by atoms with van der Waals surface area (Å²) in [4.78, 5) is 0. The molecule has 0 fully saturated rings. The molecule has 0 aliphatic rings. The Bertz CT molecular complexity index is 487. The first-order valence-corrected chi connectivity index (χ1v) is 5.93. The number of halogens is 1. The maximum Gasteiger partial charge on any atom is 0.136 e. The fraction of sp³-hybridized carbons (Fsp3) is 0.400. The third-order valence-electron chi connectivity index (χ3n) is 2.61. The Kier molecular flexibility index (Phi) is 3.00. The number of nitrogen functional groups attached to an aromatic ring is 1. The monoisotopic (exact) mass is 283 g/mol. The van der Waals surface area contributed by atoms with Gasteiger partial charge >= 0.3 is 0 Å². The molecule has 0 aliphatic carbocycles. The molecule has 2 heterocycles. The fourth-order valence-corrected chi connectivity index (χ4v) is 1.84. The van der Waals surface area contributed by atoms with Gasteiger partial charge < -0.3 is 5.73 Å². The second-order valence-corrected chi connectivity index (χ2v) is 4.48. The van der Waals surface area contributed by atoms with E-state index < -0.39 is 0 Å². The van der Waals surface area contributed by atoms with E-state index in [-0.39, 0.29) is 6.04 Å². The van der Waals surface area contributed by atoms with Crippen molar-refractivity contribution in [3.05, 3.63) is 28.6 Å². The van der Waals surface area contributed by atoms with Gasteiger partial charge in [-0.1, -0.05) is 0 Å². The minimum atomic E-state index is 0.0894. The topological polar surface area (TPSA) is 61.7 Å². The highest BCUT2D eigenvalue weighted by Gasteiger charge is 2.14. The van der Waals surface area contributed by atoms with Crippen LogP contribution in [0.4, 0.5) is 5.82 Å². The van der Waals surface area contributed by atoms with E-state index in [1.54, 1.807) is 10.9 Å². The van der Waals surface area contributed by atoms with Crippen LogP contribution in [-0.2, 0) is 6.54 Å². The van der Waals surface area contributed by atoms with E-state index in [1.165, 1.54) is 0 Å². The summed E-state index contributed by atoms with van der Waals surface area (Å²) in [7, 11) is 0. The quantitative estimate of drug-likeness (QED) is 0.938. The van der Waals surface area contributed by atoms with Crippen molar-refractivity contribution in [1.29, 1.82) is 0 Å². The van der Waals surface area contributed by atoms with Crippen molar-refractivity contribution in [1.82, 2.24) is 19.6 Å². The van der Waals surface area contributed by atoms with E-state index >= 15 is 0 Å². The maximum atomic E-state index is 5.91. The molecule has 2 N–H and O–H groups in total. The predicted octanol–water partition coefficient (Wildman–Crippen LogP) is 2.05. The standard InChI is InChI=1S/C10H14BrN5/c1-3-15-6-8(4-13-15)7(2)16-10(12)9(11)5-14-16/h4-7H,3,12H2,1-2H3. The van der Waals surface area contributed by atoms with Crippen molar-refractivity contribution in [3.8, 4) is 0 Å². The Morgan fingerprint density at radius 2 is 2.19 bits per heavy atom. The Hall–Kier alpha value is -1.30. The molecule has 0 saturated heterocycles. The second kappa shape index (κ2) is 4.29. The molecular weight excluding hydrogens is 270 g/mol. The van der Waals surface area contributed by atoms with Crippen LogP contribution in [0.25, 0.3) is 0 Å². The summed E-state index contributed by atoms with van der Waals surface area (Å²) in [6.07, 6.45) is 5.57. The molecule has 0 radical (unpaired) electrons. The first-order valence-electron chi connectivity index (χ1n) is 5.14. The molecule has 1 unspecified atom stereocenters. The number of aromatic nitrogens is 4. The fourth-order valence-electron chi connectivity index (χ4n) is 1.57. The minimum Gasteiger partial charge on any atom is -0.383 e. The molecule has 0 amide bonds. The van der Waals surface area contributed by atoms with Crippen molar-refractivity contribution in [2.75, 3.05) is 5.73 Å². The lowest BCUT2D eigenvalue weighted by molar-refractivity contribution is 0.571. The van der Waals surface area contributed by atoms with Crippen molar-refractivity contribution >= 4 is 21.7 Å². The van der Waals surface area contributed by atoms with E-state index in [9.17, 15) is 0 Å². The van der Waals surface area contributed by atoms with Gasteiger partial charge in [-0.3, -0.25) is 4.68 Å². The molecule has 16 heavy (non-hydrogen) atoms. The molecule has 1 atom stereocenters. The molecule has 0 aromatic carbocycles. The summed E-state index contributed by atoms with van der Waals surface area (Å²) in [5.41, 5.74) is 7.01. The highest BCUT2D eigenvalue weighted by molar-refractivity contribution is 9.10. The van der Waals surface area contributed by atoms with Crippen LogP contribution in [0.15, 0.2) is 23.1 Å². The summed E-state index contributed by atoms with van der Waals surface area (Å²) in [5, 5.41) is 8.48. The normalized spacial score (nSPS) is 12.9. The van der Waals surface area contributed by atoms with Gasteiger partial charge in [0, 0.05) is 18.3 Å². The van der Waals surface area contributed by atoms with Crippen LogP contribution < -0.4 is 5.73 Å². The smallest absolute Gasteiger partial charge is 0.136 e. The molecular formula is C10H14BrN5. The first-order chi connectivity index (χ1) is 7.63.